The van der Waals surface area contributed by atoms with E-state index in [2.05, 4.69) is 0 Å². The van der Waals surface area contributed by atoms with Crippen molar-refractivity contribution < 1.29 is 14.3 Å². The van der Waals surface area contributed by atoms with Gasteiger partial charge in [-0.05, 0) is 32.3 Å². The van der Waals surface area contributed by atoms with Crippen LogP contribution in [0.3, 0.4) is 0 Å². The first-order valence-corrected chi connectivity index (χ1v) is 6.90. The fourth-order valence-corrected chi connectivity index (χ4v) is 2.48. The van der Waals surface area contributed by atoms with Gasteiger partial charge in [-0.3, -0.25) is 4.79 Å². The van der Waals surface area contributed by atoms with E-state index < -0.39 is 0 Å². The van der Waals surface area contributed by atoms with E-state index in [1.807, 2.05) is 38.1 Å². The first-order valence-electron chi connectivity index (χ1n) is 6.90. The maximum absolute atomic E-state index is 12.1. The van der Waals surface area contributed by atoms with Gasteiger partial charge in [0, 0.05) is 13.5 Å². The molecule has 1 fully saturated rings. The van der Waals surface area contributed by atoms with Gasteiger partial charge < -0.3 is 9.47 Å². The lowest BCUT2D eigenvalue weighted by Gasteiger charge is -2.16. The average molecular weight is 262 g/mol. The molecule has 1 saturated carbocycles. The summed E-state index contributed by atoms with van der Waals surface area (Å²) in [7, 11) is 1.71. The minimum atomic E-state index is -0.206. The molecule has 2 rings (SSSR count). The Morgan fingerprint density at radius 3 is 2.42 bits per heavy atom. The number of esters is 1. The quantitative estimate of drug-likeness (QED) is 0.782. The highest BCUT2D eigenvalue weighted by Crippen LogP contribution is 2.26. The molecule has 0 aliphatic heterocycles. The van der Waals surface area contributed by atoms with Gasteiger partial charge in [0.2, 0.25) is 0 Å². The summed E-state index contributed by atoms with van der Waals surface area (Å²) in [6.07, 6.45) is 2.97. The van der Waals surface area contributed by atoms with Crippen LogP contribution in [0.5, 0.6) is 0 Å². The molecule has 0 aromatic heterocycles. The van der Waals surface area contributed by atoms with Crippen LogP contribution in [-0.2, 0) is 14.3 Å². The number of hydrogen-bond acceptors (Lipinski definition) is 3. The Kier molecular flexibility index (Phi) is 4.59. The third kappa shape index (κ3) is 3.57. The summed E-state index contributed by atoms with van der Waals surface area (Å²) < 4.78 is 10.9. The highest BCUT2D eigenvalue weighted by molar-refractivity contribution is 5.77. The molecule has 3 unspecified atom stereocenters. The molecule has 0 bridgehead atoms. The normalized spacial score (nSPS) is 24.2. The largest absolute Gasteiger partial charge is 0.462 e. The van der Waals surface area contributed by atoms with Crippen molar-refractivity contribution in [3.05, 3.63) is 35.4 Å². The lowest BCUT2D eigenvalue weighted by molar-refractivity contribution is -0.150. The Hall–Kier alpha value is -1.35. The van der Waals surface area contributed by atoms with E-state index in [4.69, 9.17) is 9.47 Å². The van der Waals surface area contributed by atoms with E-state index in [1.54, 1.807) is 7.11 Å². The van der Waals surface area contributed by atoms with Crippen LogP contribution in [0.4, 0.5) is 0 Å². The zero-order chi connectivity index (χ0) is 13.8. The van der Waals surface area contributed by atoms with Crippen LogP contribution in [0, 0.1) is 6.92 Å². The lowest BCUT2D eigenvalue weighted by atomic mass is 10.0. The molecular weight excluding hydrogens is 240 g/mol. The summed E-state index contributed by atoms with van der Waals surface area (Å²) >= 11 is 0. The molecule has 104 valence electrons. The Bertz CT molecular complexity index is 424. The summed E-state index contributed by atoms with van der Waals surface area (Å²) in [6.45, 7) is 3.94. The number of rotatable bonds is 4. The number of benzene rings is 1. The van der Waals surface area contributed by atoms with Crippen LogP contribution < -0.4 is 0 Å². The van der Waals surface area contributed by atoms with Gasteiger partial charge in [0.1, 0.15) is 6.10 Å². The molecule has 1 aliphatic carbocycles. The second-order valence-electron chi connectivity index (χ2n) is 5.36. The second-order valence-corrected chi connectivity index (χ2v) is 5.36. The number of hydrogen-bond donors (Lipinski definition) is 0. The Labute approximate surface area is 114 Å². The van der Waals surface area contributed by atoms with E-state index in [-0.39, 0.29) is 24.1 Å². The van der Waals surface area contributed by atoms with Crippen molar-refractivity contribution in [3.8, 4) is 0 Å². The SMILES string of the molecule is COC1CCC(OC(=O)C(C)c2ccc(C)cc2)C1. The van der Waals surface area contributed by atoms with E-state index in [0.717, 1.165) is 24.8 Å². The molecule has 3 atom stereocenters. The third-order valence-corrected chi connectivity index (χ3v) is 3.88. The van der Waals surface area contributed by atoms with E-state index in [9.17, 15) is 4.79 Å². The summed E-state index contributed by atoms with van der Waals surface area (Å²) in [5.74, 6) is -0.340. The van der Waals surface area contributed by atoms with Crippen LogP contribution in [0.1, 0.15) is 43.2 Å². The van der Waals surface area contributed by atoms with Crippen LogP contribution in [0.25, 0.3) is 0 Å². The van der Waals surface area contributed by atoms with E-state index in [0.29, 0.717) is 0 Å². The molecule has 0 amide bonds. The lowest BCUT2D eigenvalue weighted by Crippen LogP contribution is -2.20. The van der Waals surface area contributed by atoms with Gasteiger partial charge in [-0.2, -0.15) is 0 Å². The fraction of sp³-hybridized carbons (Fsp3) is 0.562. The van der Waals surface area contributed by atoms with Crippen LogP contribution in [0.15, 0.2) is 24.3 Å². The number of methoxy groups -OCH3 is 1. The Morgan fingerprint density at radius 2 is 1.84 bits per heavy atom. The van der Waals surface area contributed by atoms with Gasteiger partial charge in [-0.15, -0.1) is 0 Å². The topological polar surface area (TPSA) is 35.5 Å². The average Bonchev–Trinajstić information content (AvgIpc) is 2.86. The summed E-state index contributed by atoms with van der Waals surface area (Å²) in [5.41, 5.74) is 2.21. The molecule has 0 saturated heterocycles. The molecule has 1 aromatic carbocycles. The highest BCUT2D eigenvalue weighted by Gasteiger charge is 2.29. The molecule has 0 spiro atoms. The number of carbonyl (C=O) groups is 1. The molecule has 1 aliphatic rings. The van der Waals surface area contributed by atoms with Crippen molar-refractivity contribution >= 4 is 5.97 Å². The van der Waals surface area contributed by atoms with Gasteiger partial charge in [0.15, 0.2) is 0 Å². The molecule has 19 heavy (non-hydrogen) atoms. The number of carbonyl (C=O) groups excluding carboxylic acids is 1. The van der Waals surface area contributed by atoms with Gasteiger partial charge in [-0.25, -0.2) is 0 Å². The summed E-state index contributed by atoms with van der Waals surface area (Å²) in [4.78, 5) is 12.1. The van der Waals surface area contributed by atoms with Gasteiger partial charge >= 0.3 is 5.97 Å². The Balaban J connectivity index is 1.91. The van der Waals surface area contributed by atoms with E-state index in [1.165, 1.54) is 5.56 Å². The van der Waals surface area contributed by atoms with Crippen molar-refractivity contribution in [1.29, 1.82) is 0 Å². The molecule has 3 nitrogen and oxygen atoms in total. The van der Waals surface area contributed by atoms with Gasteiger partial charge in [0.05, 0.1) is 12.0 Å². The van der Waals surface area contributed by atoms with Gasteiger partial charge in [0.25, 0.3) is 0 Å². The van der Waals surface area contributed by atoms with Crippen LogP contribution in [0.2, 0.25) is 0 Å². The fourth-order valence-electron chi connectivity index (χ4n) is 2.48. The second kappa shape index (κ2) is 6.20. The molecule has 0 N–H and O–H groups in total. The molecule has 0 radical (unpaired) electrons. The third-order valence-electron chi connectivity index (χ3n) is 3.88. The maximum atomic E-state index is 12.1. The van der Waals surface area contributed by atoms with Crippen molar-refractivity contribution in [3.63, 3.8) is 0 Å². The van der Waals surface area contributed by atoms with Crippen LogP contribution in [-0.4, -0.2) is 25.3 Å². The van der Waals surface area contributed by atoms with Crippen molar-refractivity contribution in [2.24, 2.45) is 0 Å². The Morgan fingerprint density at radius 1 is 1.21 bits per heavy atom. The minimum absolute atomic E-state index is 0.0188. The van der Waals surface area contributed by atoms with Gasteiger partial charge in [-0.1, -0.05) is 29.8 Å². The molecule has 0 heterocycles. The minimum Gasteiger partial charge on any atom is -0.462 e. The van der Waals surface area contributed by atoms with E-state index >= 15 is 0 Å². The molecule has 1 aromatic rings. The zero-order valence-electron chi connectivity index (χ0n) is 11.9. The van der Waals surface area contributed by atoms with Crippen LogP contribution >= 0.6 is 0 Å². The first kappa shape index (κ1) is 14.1. The standard InChI is InChI=1S/C16H22O3/c1-11-4-6-13(7-5-11)12(2)16(17)19-15-9-8-14(10-15)18-3/h4-7,12,14-15H,8-10H2,1-3H3. The highest BCUT2D eigenvalue weighted by atomic mass is 16.5. The van der Waals surface area contributed by atoms with Crippen molar-refractivity contribution in [2.75, 3.05) is 7.11 Å². The predicted molar refractivity (Wildman–Crippen MR) is 74.1 cm³/mol. The number of ether oxygens (including phenoxy) is 2. The summed E-state index contributed by atoms with van der Waals surface area (Å²) in [5, 5.41) is 0. The molecule has 3 heteroatoms. The first-order chi connectivity index (χ1) is 9.10. The zero-order valence-corrected chi connectivity index (χ0v) is 11.9. The van der Waals surface area contributed by atoms with Crippen molar-refractivity contribution in [1.82, 2.24) is 0 Å². The smallest absolute Gasteiger partial charge is 0.313 e. The van der Waals surface area contributed by atoms with Crippen molar-refractivity contribution in [2.45, 2.75) is 51.2 Å². The summed E-state index contributed by atoms with van der Waals surface area (Å²) in [6, 6.07) is 8.03. The molecular formula is C16H22O3. The number of aryl methyl sites for hydroxylation is 1. The monoisotopic (exact) mass is 262 g/mol. The predicted octanol–water partition coefficient (Wildman–Crippen LogP) is 3.21. The maximum Gasteiger partial charge on any atom is 0.313 e.